The zero-order chi connectivity index (χ0) is 19.1. The number of anilines is 1. The van der Waals surface area contributed by atoms with Gasteiger partial charge in [-0.2, -0.15) is 5.10 Å². The highest BCUT2D eigenvalue weighted by Crippen LogP contribution is 2.22. The molecule has 0 atom stereocenters. The fourth-order valence-corrected chi connectivity index (χ4v) is 2.45. The first-order valence-electron chi connectivity index (χ1n) is 8.37. The van der Waals surface area contributed by atoms with Crippen LogP contribution in [0.15, 0.2) is 36.7 Å². The largest absolute Gasteiger partial charge is 0.459 e. The number of nitrogens with zero attached hydrogens (tertiary/aromatic N) is 3. The van der Waals surface area contributed by atoms with E-state index in [0.29, 0.717) is 12.2 Å². The molecular weight excluding hydrogens is 356 g/mol. The van der Waals surface area contributed by atoms with Crippen molar-refractivity contribution in [2.24, 2.45) is 0 Å². The number of benzene rings is 1. The number of aromatic nitrogens is 2. The van der Waals surface area contributed by atoms with Gasteiger partial charge in [-0.05, 0) is 44.5 Å². The van der Waals surface area contributed by atoms with Gasteiger partial charge in [-0.25, -0.2) is 9.59 Å². The van der Waals surface area contributed by atoms with E-state index in [1.54, 1.807) is 44.1 Å². The number of nitrogens with one attached hydrogen (secondary N) is 1. The third kappa shape index (κ3) is 5.77. The number of hydrogen-bond donors (Lipinski definition) is 1. The second-order valence-electron chi connectivity index (χ2n) is 6.12. The monoisotopic (exact) mass is 378 g/mol. The molecule has 140 valence electrons. The van der Waals surface area contributed by atoms with Gasteiger partial charge in [-0.3, -0.25) is 4.68 Å². The Morgan fingerprint density at radius 2 is 2.15 bits per heavy atom. The molecule has 0 aliphatic rings. The summed E-state index contributed by atoms with van der Waals surface area (Å²) >= 11 is 6.06. The van der Waals surface area contributed by atoms with Gasteiger partial charge in [0.2, 0.25) is 0 Å². The van der Waals surface area contributed by atoms with E-state index in [-0.39, 0.29) is 22.7 Å². The molecule has 1 aromatic carbocycles. The fourth-order valence-electron chi connectivity index (χ4n) is 2.26. The van der Waals surface area contributed by atoms with E-state index in [1.165, 1.54) is 6.07 Å². The normalized spacial score (nSPS) is 10.7. The Bertz CT molecular complexity index is 747. The summed E-state index contributed by atoms with van der Waals surface area (Å²) in [5, 5.41) is 7.16. The summed E-state index contributed by atoms with van der Waals surface area (Å²) < 4.78 is 6.98. The van der Waals surface area contributed by atoms with E-state index in [1.807, 2.05) is 16.9 Å². The molecule has 0 saturated carbocycles. The maximum absolute atomic E-state index is 12.3. The average Bonchev–Trinajstić information content (AvgIpc) is 3.09. The van der Waals surface area contributed by atoms with E-state index in [2.05, 4.69) is 10.4 Å². The number of rotatable bonds is 7. The van der Waals surface area contributed by atoms with Crippen LogP contribution in [0.2, 0.25) is 5.02 Å². The molecule has 2 amide bonds. The van der Waals surface area contributed by atoms with Gasteiger partial charge in [-0.1, -0.05) is 11.6 Å². The summed E-state index contributed by atoms with van der Waals surface area (Å²) in [7, 11) is 1.71. The van der Waals surface area contributed by atoms with Gasteiger partial charge in [0.15, 0.2) is 0 Å². The maximum Gasteiger partial charge on any atom is 0.339 e. The van der Waals surface area contributed by atoms with Crippen LogP contribution in [0.1, 0.15) is 30.6 Å². The first kappa shape index (κ1) is 19.8. The Morgan fingerprint density at radius 1 is 1.38 bits per heavy atom. The molecule has 0 aliphatic carbocycles. The van der Waals surface area contributed by atoms with Crippen molar-refractivity contribution in [1.82, 2.24) is 14.7 Å². The molecule has 0 spiro atoms. The summed E-state index contributed by atoms with van der Waals surface area (Å²) in [5.41, 5.74) is 0.702. The van der Waals surface area contributed by atoms with Crippen molar-refractivity contribution >= 4 is 29.3 Å². The summed E-state index contributed by atoms with van der Waals surface area (Å²) in [4.78, 5) is 25.9. The number of amides is 2. The van der Waals surface area contributed by atoms with E-state index < -0.39 is 5.97 Å². The molecule has 2 rings (SSSR count). The minimum Gasteiger partial charge on any atom is -0.459 e. The van der Waals surface area contributed by atoms with Crippen LogP contribution in [0.4, 0.5) is 10.5 Å². The highest BCUT2D eigenvalue weighted by atomic mass is 35.5. The molecule has 0 aliphatic heterocycles. The topological polar surface area (TPSA) is 76.5 Å². The number of halogens is 1. The lowest BCUT2D eigenvalue weighted by Gasteiger charge is -2.18. The number of urea groups is 1. The summed E-state index contributed by atoms with van der Waals surface area (Å²) in [5.74, 6) is -0.520. The van der Waals surface area contributed by atoms with Gasteiger partial charge >= 0.3 is 12.0 Å². The molecule has 0 fully saturated rings. The van der Waals surface area contributed by atoms with E-state index in [0.717, 1.165) is 13.0 Å². The molecule has 0 radical (unpaired) electrons. The van der Waals surface area contributed by atoms with Gasteiger partial charge in [0.1, 0.15) is 0 Å². The Balaban J connectivity index is 1.92. The summed E-state index contributed by atoms with van der Waals surface area (Å²) in [6.07, 6.45) is 4.13. The first-order chi connectivity index (χ1) is 12.4. The second-order valence-corrected chi connectivity index (χ2v) is 6.53. The smallest absolute Gasteiger partial charge is 0.339 e. The fraction of sp³-hybridized carbons (Fsp3) is 0.389. The molecule has 7 nitrogen and oxygen atoms in total. The van der Waals surface area contributed by atoms with Crippen molar-refractivity contribution in [1.29, 1.82) is 0 Å². The molecular formula is C18H23ClN4O3. The van der Waals surface area contributed by atoms with Gasteiger partial charge in [0, 0.05) is 38.2 Å². The third-order valence-electron chi connectivity index (χ3n) is 3.57. The lowest BCUT2D eigenvalue weighted by Crippen LogP contribution is -2.32. The van der Waals surface area contributed by atoms with Gasteiger partial charge in [0.25, 0.3) is 0 Å². The van der Waals surface area contributed by atoms with Crippen LogP contribution < -0.4 is 5.32 Å². The van der Waals surface area contributed by atoms with Crippen LogP contribution in [-0.2, 0) is 11.3 Å². The minimum atomic E-state index is -0.520. The maximum atomic E-state index is 12.3. The molecule has 1 N–H and O–H groups in total. The predicted octanol–water partition coefficient (Wildman–Crippen LogP) is 3.66. The summed E-state index contributed by atoms with van der Waals surface area (Å²) in [6.45, 7) is 4.82. The molecule has 0 unspecified atom stereocenters. The Morgan fingerprint density at radius 3 is 2.81 bits per heavy atom. The Labute approximate surface area is 157 Å². The van der Waals surface area contributed by atoms with Crippen molar-refractivity contribution in [3.05, 3.63) is 47.2 Å². The lowest BCUT2D eigenvalue weighted by atomic mass is 10.2. The van der Waals surface area contributed by atoms with Crippen LogP contribution >= 0.6 is 11.6 Å². The molecule has 2 aromatic rings. The van der Waals surface area contributed by atoms with Crippen LogP contribution in [0, 0.1) is 0 Å². The SMILES string of the molecule is CC(C)OC(=O)c1cc(NC(=O)N(C)CCCn2cccn2)ccc1Cl. The minimum absolute atomic E-state index is 0.222. The highest BCUT2D eigenvalue weighted by molar-refractivity contribution is 6.33. The predicted molar refractivity (Wildman–Crippen MR) is 100 cm³/mol. The molecule has 1 aromatic heterocycles. The van der Waals surface area contributed by atoms with Crippen molar-refractivity contribution in [2.45, 2.75) is 32.9 Å². The summed E-state index contributed by atoms with van der Waals surface area (Å²) in [6, 6.07) is 6.31. The highest BCUT2D eigenvalue weighted by Gasteiger charge is 2.16. The van der Waals surface area contributed by atoms with Crippen LogP contribution in [0.25, 0.3) is 0 Å². The van der Waals surface area contributed by atoms with Gasteiger partial charge in [0.05, 0.1) is 16.7 Å². The molecule has 0 bridgehead atoms. The van der Waals surface area contributed by atoms with Crippen molar-refractivity contribution in [3.63, 3.8) is 0 Å². The van der Waals surface area contributed by atoms with E-state index >= 15 is 0 Å². The number of esters is 1. The Hall–Kier alpha value is -2.54. The average molecular weight is 379 g/mol. The standard InChI is InChI=1S/C18H23ClN4O3/c1-13(2)26-17(24)15-12-14(6-7-16(15)19)21-18(25)22(3)9-5-11-23-10-4-8-20-23/h4,6-8,10,12-13H,5,9,11H2,1-3H3,(H,21,25). The third-order valence-corrected chi connectivity index (χ3v) is 3.90. The molecule has 1 heterocycles. The van der Waals surface area contributed by atoms with Crippen LogP contribution in [-0.4, -0.2) is 46.4 Å². The molecule has 26 heavy (non-hydrogen) atoms. The number of ether oxygens (including phenoxy) is 1. The number of carbonyl (C=O) groups is 2. The lowest BCUT2D eigenvalue weighted by molar-refractivity contribution is 0.0378. The van der Waals surface area contributed by atoms with E-state index in [9.17, 15) is 9.59 Å². The van der Waals surface area contributed by atoms with Crippen molar-refractivity contribution in [3.8, 4) is 0 Å². The number of hydrogen-bond acceptors (Lipinski definition) is 4. The Kier molecular flexibility index (Phi) is 7.03. The zero-order valence-corrected chi connectivity index (χ0v) is 15.9. The quantitative estimate of drug-likeness (QED) is 0.746. The van der Waals surface area contributed by atoms with Crippen molar-refractivity contribution < 1.29 is 14.3 Å². The molecule has 8 heteroatoms. The number of carbonyl (C=O) groups excluding carboxylic acids is 2. The second kappa shape index (κ2) is 9.24. The van der Waals surface area contributed by atoms with Crippen molar-refractivity contribution in [2.75, 3.05) is 18.9 Å². The van der Waals surface area contributed by atoms with Crippen LogP contribution in [0.5, 0.6) is 0 Å². The van der Waals surface area contributed by atoms with Gasteiger partial charge < -0.3 is 15.0 Å². The number of aryl methyl sites for hydroxylation is 1. The van der Waals surface area contributed by atoms with Crippen LogP contribution in [0.3, 0.4) is 0 Å². The molecule has 0 saturated heterocycles. The van der Waals surface area contributed by atoms with E-state index in [4.69, 9.17) is 16.3 Å². The zero-order valence-electron chi connectivity index (χ0n) is 15.1. The first-order valence-corrected chi connectivity index (χ1v) is 8.74. The van der Waals surface area contributed by atoms with Gasteiger partial charge in [-0.15, -0.1) is 0 Å².